The second-order valence-electron chi connectivity index (χ2n) is 6.65. The van der Waals surface area contributed by atoms with Gasteiger partial charge in [0.15, 0.2) is 0 Å². The molecule has 8 heteroatoms. The summed E-state index contributed by atoms with van der Waals surface area (Å²) in [7, 11) is -4.15. The van der Waals surface area contributed by atoms with E-state index >= 15 is 0 Å². The molecule has 30 heavy (non-hydrogen) atoms. The van der Waals surface area contributed by atoms with Crippen LogP contribution in [0.25, 0.3) is 10.8 Å². The molecular formula is C22H21NO6S. The lowest BCUT2D eigenvalue weighted by atomic mass is 10.0. The molecule has 0 heterocycles. The number of ether oxygens (including phenoxy) is 1. The van der Waals surface area contributed by atoms with Gasteiger partial charge in [-0.15, -0.1) is 0 Å². The Balaban J connectivity index is 1.75. The van der Waals surface area contributed by atoms with Gasteiger partial charge in [-0.2, -0.15) is 0 Å². The van der Waals surface area contributed by atoms with Crippen LogP contribution in [-0.2, 0) is 26.0 Å². The minimum atomic E-state index is -4.15. The Hall–Kier alpha value is -3.23. The summed E-state index contributed by atoms with van der Waals surface area (Å²) >= 11 is 0. The third-order valence-electron chi connectivity index (χ3n) is 4.51. The smallest absolute Gasteiger partial charge is 0.305 e. The van der Waals surface area contributed by atoms with Crippen molar-refractivity contribution >= 4 is 33.1 Å². The number of fused-ring (bicyclic) bond motifs is 1. The number of hydrogen-bond donors (Lipinski definition) is 2. The molecule has 0 spiro atoms. The van der Waals surface area contributed by atoms with Crippen molar-refractivity contribution < 1.29 is 27.9 Å². The van der Waals surface area contributed by atoms with Crippen molar-refractivity contribution in [3.8, 4) is 5.75 Å². The predicted molar refractivity (Wildman–Crippen MR) is 112 cm³/mol. The van der Waals surface area contributed by atoms with Crippen LogP contribution in [0.4, 0.5) is 0 Å². The number of aliphatic carboxylic acids is 1. The monoisotopic (exact) mass is 427 g/mol. The molecule has 2 N–H and O–H groups in total. The minimum Gasteiger partial charge on any atom is -0.492 e. The number of aldehydes is 1. The second kappa shape index (κ2) is 9.51. The first-order valence-electron chi connectivity index (χ1n) is 9.28. The molecular weight excluding hydrogens is 406 g/mol. The molecule has 7 nitrogen and oxygen atoms in total. The number of carboxylic acid groups (broad SMARTS) is 1. The van der Waals surface area contributed by atoms with E-state index < -0.39 is 28.5 Å². The van der Waals surface area contributed by atoms with Crippen LogP contribution >= 0.6 is 0 Å². The van der Waals surface area contributed by atoms with E-state index in [1.54, 1.807) is 6.07 Å². The van der Waals surface area contributed by atoms with E-state index in [4.69, 9.17) is 9.84 Å². The van der Waals surface area contributed by atoms with E-state index in [1.807, 2.05) is 42.5 Å². The van der Waals surface area contributed by atoms with Gasteiger partial charge in [0.2, 0.25) is 10.0 Å². The average molecular weight is 427 g/mol. The first-order chi connectivity index (χ1) is 14.4. The van der Waals surface area contributed by atoms with E-state index in [9.17, 15) is 18.0 Å². The standard InChI is InChI=1S/C22H21NO6S/c24-15-18(14-22(25)26)23-30(27,28)21-11-4-3-10-20(21)29-13-12-17-8-5-7-16-6-1-2-9-19(16)17/h1-11,15,18,23H,12-14H2,(H,25,26)/t18-/m0/s1. The maximum Gasteiger partial charge on any atom is 0.305 e. The summed E-state index contributed by atoms with van der Waals surface area (Å²) in [5.74, 6) is -1.15. The highest BCUT2D eigenvalue weighted by atomic mass is 32.2. The SMILES string of the molecule is O=C[C@H](CC(=O)O)NS(=O)(=O)c1ccccc1OCCc1cccc2ccccc12. The van der Waals surface area contributed by atoms with Crippen LogP contribution in [0.15, 0.2) is 71.6 Å². The molecule has 0 fully saturated rings. The Kier molecular flexibility index (Phi) is 6.81. The van der Waals surface area contributed by atoms with Gasteiger partial charge in [-0.1, -0.05) is 54.6 Å². The van der Waals surface area contributed by atoms with E-state index in [2.05, 4.69) is 4.72 Å². The molecule has 3 aromatic carbocycles. The van der Waals surface area contributed by atoms with Gasteiger partial charge in [0.1, 0.15) is 16.9 Å². The van der Waals surface area contributed by atoms with Crippen molar-refractivity contribution in [3.05, 3.63) is 72.3 Å². The molecule has 0 aromatic heterocycles. The Bertz CT molecular complexity index is 1150. The highest BCUT2D eigenvalue weighted by molar-refractivity contribution is 7.89. The Morgan fingerprint density at radius 2 is 1.73 bits per heavy atom. The first kappa shape index (κ1) is 21.5. The van der Waals surface area contributed by atoms with Gasteiger partial charge in [-0.3, -0.25) is 4.79 Å². The zero-order valence-electron chi connectivity index (χ0n) is 16.0. The van der Waals surface area contributed by atoms with Crippen LogP contribution in [0, 0.1) is 0 Å². The zero-order chi connectivity index (χ0) is 21.6. The zero-order valence-corrected chi connectivity index (χ0v) is 16.8. The van der Waals surface area contributed by atoms with E-state index in [1.165, 1.54) is 18.2 Å². The summed E-state index contributed by atoms with van der Waals surface area (Å²) < 4.78 is 33.2. The molecule has 0 aliphatic heterocycles. The summed E-state index contributed by atoms with van der Waals surface area (Å²) in [6, 6.07) is 18.6. The summed E-state index contributed by atoms with van der Waals surface area (Å²) in [6.07, 6.45) is 0.182. The third kappa shape index (κ3) is 5.22. The Morgan fingerprint density at radius 1 is 1.03 bits per heavy atom. The number of nitrogens with one attached hydrogen (secondary N) is 1. The van der Waals surface area contributed by atoms with Crippen molar-refractivity contribution in [1.29, 1.82) is 0 Å². The molecule has 0 saturated carbocycles. The number of carbonyl (C=O) groups is 2. The number of hydrogen-bond acceptors (Lipinski definition) is 5. The van der Waals surface area contributed by atoms with E-state index in [-0.39, 0.29) is 23.5 Å². The molecule has 3 aromatic rings. The fraction of sp³-hybridized carbons (Fsp3) is 0.182. The van der Waals surface area contributed by atoms with Crippen LogP contribution in [-0.4, -0.2) is 38.4 Å². The fourth-order valence-corrected chi connectivity index (χ4v) is 4.46. The van der Waals surface area contributed by atoms with Crippen LogP contribution in [0.1, 0.15) is 12.0 Å². The summed E-state index contributed by atoms with van der Waals surface area (Å²) in [5, 5.41) is 11.0. The largest absolute Gasteiger partial charge is 0.492 e. The lowest BCUT2D eigenvalue weighted by molar-refractivity contribution is -0.138. The van der Waals surface area contributed by atoms with Crippen molar-refractivity contribution in [2.24, 2.45) is 0 Å². The topological polar surface area (TPSA) is 110 Å². The molecule has 3 rings (SSSR count). The second-order valence-corrected chi connectivity index (χ2v) is 8.33. The van der Waals surface area contributed by atoms with Gasteiger partial charge in [0.25, 0.3) is 0 Å². The Labute approximate surface area is 174 Å². The lowest BCUT2D eigenvalue weighted by Gasteiger charge is -2.15. The summed E-state index contributed by atoms with van der Waals surface area (Å²) in [4.78, 5) is 21.7. The average Bonchev–Trinajstić information content (AvgIpc) is 2.73. The third-order valence-corrected chi connectivity index (χ3v) is 6.04. The predicted octanol–water partition coefficient (Wildman–Crippen LogP) is 2.78. The van der Waals surface area contributed by atoms with Crippen molar-refractivity contribution in [3.63, 3.8) is 0 Å². The molecule has 0 amide bonds. The maximum atomic E-state index is 12.7. The molecule has 0 radical (unpaired) electrons. The number of sulfonamides is 1. The summed E-state index contributed by atoms with van der Waals surface area (Å²) in [6.45, 7) is 0.243. The number of carboxylic acids is 1. The van der Waals surface area contributed by atoms with Crippen LogP contribution in [0.5, 0.6) is 5.75 Å². The van der Waals surface area contributed by atoms with Gasteiger partial charge >= 0.3 is 5.97 Å². The van der Waals surface area contributed by atoms with Gasteiger partial charge in [0.05, 0.1) is 19.1 Å². The van der Waals surface area contributed by atoms with Crippen molar-refractivity contribution in [1.82, 2.24) is 4.72 Å². The van der Waals surface area contributed by atoms with Gasteiger partial charge in [-0.25, -0.2) is 13.1 Å². The quantitative estimate of drug-likeness (QED) is 0.482. The van der Waals surface area contributed by atoms with Gasteiger partial charge < -0.3 is 14.6 Å². The van der Waals surface area contributed by atoms with Crippen molar-refractivity contribution in [2.75, 3.05) is 6.61 Å². The molecule has 0 aliphatic carbocycles. The number of carbonyl (C=O) groups excluding carboxylic acids is 1. The molecule has 0 bridgehead atoms. The van der Waals surface area contributed by atoms with Crippen LogP contribution < -0.4 is 9.46 Å². The highest BCUT2D eigenvalue weighted by Gasteiger charge is 2.24. The van der Waals surface area contributed by atoms with Crippen LogP contribution in [0.3, 0.4) is 0 Å². The highest BCUT2D eigenvalue weighted by Crippen LogP contribution is 2.24. The summed E-state index contributed by atoms with van der Waals surface area (Å²) in [5.41, 5.74) is 1.08. The van der Waals surface area contributed by atoms with Gasteiger partial charge in [0, 0.05) is 6.42 Å². The van der Waals surface area contributed by atoms with Gasteiger partial charge in [-0.05, 0) is 28.5 Å². The fourth-order valence-electron chi connectivity index (χ4n) is 3.14. The van der Waals surface area contributed by atoms with E-state index in [0.29, 0.717) is 6.42 Å². The van der Waals surface area contributed by atoms with Crippen LogP contribution in [0.2, 0.25) is 0 Å². The molecule has 156 valence electrons. The normalized spacial score (nSPS) is 12.4. The number of benzene rings is 3. The lowest BCUT2D eigenvalue weighted by Crippen LogP contribution is -2.37. The number of para-hydroxylation sites is 1. The number of rotatable bonds is 10. The first-order valence-corrected chi connectivity index (χ1v) is 10.8. The minimum absolute atomic E-state index is 0.130. The molecule has 0 unspecified atom stereocenters. The molecule has 1 atom stereocenters. The molecule has 0 aliphatic rings. The maximum absolute atomic E-state index is 12.7. The van der Waals surface area contributed by atoms with Crippen molar-refractivity contribution in [2.45, 2.75) is 23.8 Å². The Morgan fingerprint density at radius 3 is 2.50 bits per heavy atom. The molecule has 0 saturated heterocycles. The van der Waals surface area contributed by atoms with E-state index in [0.717, 1.165) is 16.3 Å².